The fourth-order valence-corrected chi connectivity index (χ4v) is 5.21. The molecule has 4 nitrogen and oxygen atoms in total. The Morgan fingerprint density at radius 1 is 1.08 bits per heavy atom. The maximum Gasteiger partial charge on any atom is 0.116 e. The Hall–Kier alpha value is -0.940. The number of methoxy groups -OCH3 is 1. The van der Waals surface area contributed by atoms with Crippen molar-refractivity contribution in [3.63, 3.8) is 0 Å². The largest absolute Gasteiger partial charge is 0.382 e. The minimum atomic E-state index is -0.869. The standard InChI is InChI=1S/C21H31NO3/c1-24-19-13-22-12-11-18(19)20(14-22)25-15-21(23,17-9-5-6-10-17)16-7-3-2-4-8-16/h2-4,7-8,17-20,23H,5-6,9-15H2,1H3. The third-order valence-electron chi connectivity index (χ3n) is 6.73. The van der Waals surface area contributed by atoms with Gasteiger partial charge in [0.05, 0.1) is 18.8 Å². The van der Waals surface area contributed by atoms with E-state index in [4.69, 9.17) is 9.47 Å². The van der Waals surface area contributed by atoms with E-state index in [0.717, 1.165) is 44.5 Å². The summed E-state index contributed by atoms with van der Waals surface area (Å²) >= 11 is 0. The Morgan fingerprint density at radius 2 is 1.80 bits per heavy atom. The second kappa shape index (κ2) is 7.36. The van der Waals surface area contributed by atoms with Gasteiger partial charge in [0.15, 0.2) is 0 Å². The summed E-state index contributed by atoms with van der Waals surface area (Å²) in [7, 11) is 1.81. The number of ether oxygens (including phenoxy) is 2. The Balaban J connectivity index is 1.50. The molecule has 1 aromatic carbocycles. The van der Waals surface area contributed by atoms with Gasteiger partial charge < -0.3 is 14.6 Å². The van der Waals surface area contributed by atoms with Gasteiger partial charge in [0.2, 0.25) is 0 Å². The van der Waals surface area contributed by atoms with Crippen LogP contribution in [0.1, 0.15) is 37.7 Å². The maximum atomic E-state index is 11.6. The van der Waals surface area contributed by atoms with Crippen molar-refractivity contribution >= 4 is 0 Å². The highest BCUT2D eigenvalue weighted by Crippen LogP contribution is 2.42. The Bertz CT molecular complexity index is 560. The summed E-state index contributed by atoms with van der Waals surface area (Å²) in [5, 5.41) is 11.6. The number of piperidine rings is 3. The smallest absolute Gasteiger partial charge is 0.116 e. The van der Waals surface area contributed by atoms with E-state index >= 15 is 0 Å². The monoisotopic (exact) mass is 345 g/mol. The Kier molecular flexibility index (Phi) is 5.14. The van der Waals surface area contributed by atoms with Crippen molar-refractivity contribution in [2.24, 2.45) is 11.8 Å². The molecule has 3 aliphatic heterocycles. The maximum absolute atomic E-state index is 11.6. The number of nitrogens with zero attached hydrogens (tertiary/aromatic N) is 1. The molecule has 1 N–H and O–H groups in total. The predicted molar refractivity (Wildman–Crippen MR) is 97.4 cm³/mol. The molecule has 3 saturated heterocycles. The van der Waals surface area contributed by atoms with Crippen LogP contribution in [0.25, 0.3) is 0 Å². The summed E-state index contributed by atoms with van der Waals surface area (Å²) in [6.07, 6.45) is 6.19. The first-order valence-corrected chi connectivity index (χ1v) is 9.85. The molecule has 5 unspecified atom stereocenters. The van der Waals surface area contributed by atoms with E-state index < -0.39 is 5.60 Å². The van der Waals surface area contributed by atoms with Crippen LogP contribution in [-0.2, 0) is 15.1 Å². The van der Waals surface area contributed by atoms with Crippen LogP contribution in [0.2, 0.25) is 0 Å². The number of hydrogen-bond donors (Lipinski definition) is 1. The molecule has 2 bridgehead atoms. The van der Waals surface area contributed by atoms with Crippen LogP contribution in [0.5, 0.6) is 0 Å². The summed E-state index contributed by atoms with van der Waals surface area (Å²) < 4.78 is 12.1. The second-order valence-corrected chi connectivity index (χ2v) is 8.11. The van der Waals surface area contributed by atoms with Gasteiger partial charge in [0.1, 0.15) is 5.60 Å². The van der Waals surface area contributed by atoms with Gasteiger partial charge in [-0.2, -0.15) is 0 Å². The fourth-order valence-electron chi connectivity index (χ4n) is 5.21. The lowest BCUT2D eigenvalue weighted by atomic mass is 9.80. The van der Waals surface area contributed by atoms with E-state index in [0.29, 0.717) is 18.4 Å². The van der Waals surface area contributed by atoms with Crippen molar-refractivity contribution in [1.29, 1.82) is 0 Å². The summed E-state index contributed by atoms with van der Waals surface area (Å²) in [5.74, 6) is 0.757. The predicted octanol–water partition coefficient (Wildman–Crippen LogP) is 2.80. The molecule has 1 aliphatic carbocycles. The molecule has 4 heteroatoms. The van der Waals surface area contributed by atoms with Gasteiger partial charge in [-0.1, -0.05) is 43.2 Å². The van der Waals surface area contributed by atoms with Gasteiger partial charge in [-0.15, -0.1) is 0 Å². The number of benzene rings is 1. The zero-order chi connectivity index (χ0) is 17.3. The fraction of sp³-hybridized carbons (Fsp3) is 0.714. The molecular weight excluding hydrogens is 314 g/mol. The molecule has 5 rings (SSSR count). The average molecular weight is 345 g/mol. The van der Waals surface area contributed by atoms with Crippen LogP contribution in [0.3, 0.4) is 0 Å². The lowest BCUT2D eigenvalue weighted by molar-refractivity contribution is -0.172. The van der Waals surface area contributed by atoms with Gasteiger partial charge in [0, 0.05) is 26.1 Å². The van der Waals surface area contributed by atoms with Crippen molar-refractivity contribution in [2.45, 2.75) is 49.9 Å². The quantitative estimate of drug-likeness (QED) is 0.861. The van der Waals surface area contributed by atoms with E-state index in [1.807, 2.05) is 25.3 Å². The first-order valence-electron chi connectivity index (χ1n) is 9.85. The molecule has 0 spiro atoms. The van der Waals surface area contributed by atoms with E-state index in [9.17, 15) is 5.11 Å². The van der Waals surface area contributed by atoms with Crippen LogP contribution in [0, 0.1) is 11.8 Å². The molecule has 5 atom stereocenters. The van der Waals surface area contributed by atoms with Crippen LogP contribution in [0.4, 0.5) is 0 Å². The Morgan fingerprint density at radius 3 is 2.48 bits per heavy atom. The molecule has 4 fully saturated rings. The molecule has 1 saturated carbocycles. The van der Waals surface area contributed by atoms with E-state index in [1.54, 1.807) is 0 Å². The van der Waals surface area contributed by atoms with E-state index in [-0.39, 0.29) is 12.2 Å². The molecule has 138 valence electrons. The normalized spacial score (nSPS) is 35.0. The topological polar surface area (TPSA) is 41.9 Å². The van der Waals surface area contributed by atoms with Crippen LogP contribution in [-0.4, -0.2) is 55.6 Å². The molecule has 0 amide bonds. The molecule has 3 heterocycles. The summed E-state index contributed by atoms with van der Waals surface area (Å²) in [5.41, 5.74) is 0.137. The summed E-state index contributed by atoms with van der Waals surface area (Å²) in [6.45, 7) is 3.54. The first kappa shape index (κ1) is 17.5. The van der Waals surface area contributed by atoms with Gasteiger partial charge in [-0.25, -0.2) is 0 Å². The third-order valence-corrected chi connectivity index (χ3v) is 6.73. The molecule has 0 aromatic heterocycles. The first-order chi connectivity index (χ1) is 12.2. The van der Waals surface area contributed by atoms with Crippen LogP contribution < -0.4 is 0 Å². The van der Waals surface area contributed by atoms with Crippen molar-refractivity contribution in [3.8, 4) is 0 Å². The highest BCUT2D eigenvalue weighted by Gasteiger charge is 2.45. The van der Waals surface area contributed by atoms with Crippen molar-refractivity contribution in [3.05, 3.63) is 35.9 Å². The average Bonchev–Trinajstić information content (AvgIpc) is 3.22. The van der Waals surface area contributed by atoms with Gasteiger partial charge in [0.25, 0.3) is 0 Å². The number of fused-ring (bicyclic) bond motifs is 3. The lowest BCUT2D eigenvalue weighted by Gasteiger charge is -2.49. The van der Waals surface area contributed by atoms with Gasteiger partial charge in [-0.05, 0) is 37.3 Å². The zero-order valence-electron chi connectivity index (χ0n) is 15.3. The third kappa shape index (κ3) is 3.37. The van der Waals surface area contributed by atoms with Gasteiger partial charge in [-0.3, -0.25) is 4.90 Å². The molecular formula is C21H31NO3. The molecule has 4 aliphatic rings. The second-order valence-electron chi connectivity index (χ2n) is 8.11. The van der Waals surface area contributed by atoms with E-state index in [1.165, 1.54) is 12.8 Å². The van der Waals surface area contributed by atoms with Crippen molar-refractivity contribution in [1.82, 2.24) is 4.90 Å². The highest BCUT2D eigenvalue weighted by molar-refractivity contribution is 5.24. The van der Waals surface area contributed by atoms with Crippen molar-refractivity contribution in [2.75, 3.05) is 33.4 Å². The lowest BCUT2D eigenvalue weighted by Crippen LogP contribution is -2.59. The van der Waals surface area contributed by atoms with Crippen LogP contribution in [0.15, 0.2) is 30.3 Å². The highest BCUT2D eigenvalue weighted by atomic mass is 16.5. The minimum Gasteiger partial charge on any atom is -0.382 e. The van der Waals surface area contributed by atoms with Crippen molar-refractivity contribution < 1.29 is 14.6 Å². The van der Waals surface area contributed by atoms with Crippen LogP contribution >= 0.6 is 0 Å². The van der Waals surface area contributed by atoms with E-state index in [2.05, 4.69) is 17.0 Å². The molecule has 25 heavy (non-hydrogen) atoms. The zero-order valence-corrected chi connectivity index (χ0v) is 15.3. The minimum absolute atomic E-state index is 0.170. The number of rotatable bonds is 6. The summed E-state index contributed by atoms with van der Waals surface area (Å²) in [4.78, 5) is 2.44. The molecule has 0 radical (unpaired) electrons. The molecule has 1 aromatic rings. The summed E-state index contributed by atoms with van der Waals surface area (Å²) in [6, 6.07) is 10.2. The number of hydrogen-bond acceptors (Lipinski definition) is 4. The Labute approximate surface area is 151 Å². The SMILES string of the molecule is COC1CN2CCC1C(OCC(O)(c1ccccc1)C1CCCC1)C2. The van der Waals surface area contributed by atoms with Gasteiger partial charge >= 0.3 is 0 Å². The number of aliphatic hydroxyl groups is 1.